The summed E-state index contributed by atoms with van der Waals surface area (Å²) < 4.78 is 21.9. The lowest BCUT2D eigenvalue weighted by Crippen LogP contribution is -2.44. The third kappa shape index (κ3) is 6.35. The van der Waals surface area contributed by atoms with Crippen molar-refractivity contribution in [3.63, 3.8) is 0 Å². The maximum absolute atomic E-state index is 13.5. The minimum atomic E-state index is -0.0977. The molecule has 0 atom stereocenters. The van der Waals surface area contributed by atoms with Gasteiger partial charge in [-0.05, 0) is 49.1 Å². The molecule has 0 unspecified atom stereocenters. The van der Waals surface area contributed by atoms with Crippen LogP contribution in [-0.4, -0.2) is 79.2 Å². The zero-order valence-electron chi connectivity index (χ0n) is 20.0. The topological polar surface area (TPSA) is 84.7 Å². The molecule has 1 aromatic heterocycles. The van der Waals surface area contributed by atoms with Crippen molar-refractivity contribution in [2.45, 2.75) is 32.4 Å². The molecule has 0 N–H and O–H groups in total. The second-order valence-electron chi connectivity index (χ2n) is 9.36. The third-order valence-electron chi connectivity index (χ3n) is 6.66. The second kappa shape index (κ2) is 11.1. The van der Waals surface area contributed by atoms with E-state index in [9.17, 15) is 9.59 Å². The van der Waals surface area contributed by atoms with Crippen molar-refractivity contribution in [3.8, 4) is 11.5 Å². The molecular weight excluding hydrogens is 450 g/mol. The first-order valence-corrected chi connectivity index (χ1v) is 12.4. The highest BCUT2D eigenvalue weighted by molar-refractivity contribution is 5.87. The van der Waals surface area contributed by atoms with E-state index in [0.717, 1.165) is 57.7 Å². The number of ether oxygens (including phenoxy) is 3. The highest BCUT2D eigenvalue weighted by Crippen LogP contribution is 2.33. The Hall–Kier alpha value is -3.04. The fourth-order valence-corrected chi connectivity index (χ4v) is 4.51. The molecule has 188 valence electrons. The molecule has 9 nitrogen and oxygen atoms in total. The Kier molecular flexibility index (Phi) is 7.54. The van der Waals surface area contributed by atoms with Gasteiger partial charge >= 0.3 is 0 Å². The summed E-state index contributed by atoms with van der Waals surface area (Å²) in [5.41, 5.74) is 0.932. The SMILES string of the molecule is O=C(CN(CCCN1CCOCC1)C(=O)C1CC1)N(Cc1ccc2c(c1)OCO2)Cc1ccco1. The van der Waals surface area contributed by atoms with E-state index in [2.05, 4.69) is 4.90 Å². The summed E-state index contributed by atoms with van der Waals surface area (Å²) in [7, 11) is 0. The predicted molar refractivity (Wildman–Crippen MR) is 127 cm³/mol. The summed E-state index contributed by atoms with van der Waals surface area (Å²) in [6.45, 7) is 5.82. The van der Waals surface area contributed by atoms with Gasteiger partial charge < -0.3 is 28.4 Å². The average molecular weight is 484 g/mol. The molecule has 2 aromatic rings. The van der Waals surface area contributed by atoms with Crippen LogP contribution < -0.4 is 9.47 Å². The smallest absolute Gasteiger partial charge is 0.242 e. The Balaban J connectivity index is 1.25. The molecule has 5 rings (SSSR count). The Morgan fingerprint density at radius 3 is 2.60 bits per heavy atom. The van der Waals surface area contributed by atoms with Crippen LogP contribution in [0.5, 0.6) is 11.5 Å². The number of hydrogen-bond acceptors (Lipinski definition) is 7. The van der Waals surface area contributed by atoms with Gasteiger partial charge in [0.05, 0.1) is 32.6 Å². The molecule has 2 amide bonds. The van der Waals surface area contributed by atoms with Crippen LogP contribution in [0.25, 0.3) is 0 Å². The molecule has 1 aromatic carbocycles. The lowest BCUT2D eigenvalue weighted by atomic mass is 10.1. The van der Waals surface area contributed by atoms with Crippen molar-refractivity contribution in [2.75, 3.05) is 52.7 Å². The van der Waals surface area contributed by atoms with Crippen molar-refractivity contribution in [1.29, 1.82) is 0 Å². The summed E-state index contributed by atoms with van der Waals surface area (Å²) in [4.78, 5) is 32.4. The van der Waals surface area contributed by atoms with Crippen LogP contribution >= 0.6 is 0 Å². The number of fused-ring (bicyclic) bond motifs is 1. The fourth-order valence-electron chi connectivity index (χ4n) is 4.51. The van der Waals surface area contributed by atoms with Crippen molar-refractivity contribution in [2.24, 2.45) is 5.92 Å². The fraction of sp³-hybridized carbons (Fsp3) is 0.538. The van der Waals surface area contributed by atoms with Crippen LogP contribution in [0.1, 0.15) is 30.6 Å². The van der Waals surface area contributed by atoms with Crippen LogP contribution in [0, 0.1) is 5.92 Å². The van der Waals surface area contributed by atoms with Gasteiger partial charge in [-0.2, -0.15) is 0 Å². The number of hydrogen-bond donors (Lipinski definition) is 0. The first-order valence-electron chi connectivity index (χ1n) is 12.4. The van der Waals surface area contributed by atoms with Gasteiger partial charge in [-0.1, -0.05) is 6.07 Å². The van der Waals surface area contributed by atoms with E-state index in [1.807, 2.05) is 30.3 Å². The largest absolute Gasteiger partial charge is 0.467 e. The zero-order valence-corrected chi connectivity index (χ0v) is 20.0. The van der Waals surface area contributed by atoms with Gasteiger partial charge in [0.15, 0.2) is 11.5 Å². The number of rotatable bonds is 11. The molecule has 0 spiro atoms. The van der Waals surface area contributed by atoms with E-state index in [1.165, 1.54) is 0 Å². The Morgan fingerprint density at radius 1 is 1.00 bits per heavy atom. The molecule has 9 heteroatoms. The minimum absolute atomic E-state index is 0.0681. The molecule has 1 saturated carbocycles. The molecule has 3 aliphatic rings. The van der Waals surface area contributed by atoms with Crippen LogP contribution in [0.2, 0.25) is 0 Å². The average Bonchev–Trinajstić information content (AvgIpc) is 3.39. The van der Waals surface area contributed by atoms with Crippen molar-refractivity contribution < 1.29 is 28.2 Å². The first kappa shape index (κ1) is 23.7. The van der Waals surface area contributed by atoms with E-state index in [4.69, 9.17) is 18.6 Å². The molecule has 0 radical (unpaired) electrons. The number of carbonyl (C=O) groups excluding carboxylic acids is 2. The van der Waals surface area contributed by atoms with Crippen LogP contribution in [0.4, 0.5) is 0 Å². The lowest BCUT2D eigenvalue weighted by molar-refractivity contribution is -0.142. The van der Waals surface area contributed by atoms with Crippen molar-refractivity contribution in [3.05, 3.63) is 47.9 Å². The Morgan fingerprint density at radius 2 is 1.83 bits per heavy atom. The van der Waals surface area contributed by atoms with E-state index in [0.29, 0.717) is 36.9 Å². The van der Waals surface area contributed by atoms with Gasteiger partial charge in [0.1, 0.15) is 5.76 Å². The molecule has 1 aliphatic carbocycles. The molecule has 2 aliphatic heterocycles. The summed E-state index contributed by atoms with van der Waals surface area (Å²) in [5.74, 6) is 2.16. The van der Waals surface area contributed by atoms with Gasteiger partial charge in [0.2, 0.25) is 18.6 Å². The molecule has 1 saturated heterocycles. The highest BCUT2D eigenvalue weighted by atomic mass is 16.7. The molecule has 2 fully saturated rings. The minimum Gasteiger partial charge on any atom is -0.467 e. The van der Waals surface area contributed by atoms with Crippen LogP contribution in [-0.2, 0) is 27.4 Å². The number of morpholine rings is 1. The van der Waals surface area contributed by atoms with Gasteiger partial charge in [-0.3, -0.25) is 14.5 Å². The monoisotopic (exact) mass is 483 g/mol. The van der Waals surface area contributed by atoms with Crippen LogP contribution in [0.15, 0.2) is 41.0 Å². The Labute approximate surface area is 205 Å². The molecular formula is C26H33N3O6. The number of furan rings is 1. The Bertz CT molecular complexity index is 1000. The maximum atomic E-state index is 13.5. The van der Waals surface area contributed by atoms with Crippen molar-refractivity contribution in [1.82, 2.24) is 14.7 Å². The number of carbonyl (C=O) groups is 2. The maximum Gasteiger partial charge on any atom is 0.242 e. The van der Waals surface area contributed by atoms with E-state index in [1.54, 1.807) is 16.1 Å². The third-order valence-corrected chi connectivity index (χ3v) is 6.66. The van der Waals surface area contributed by atoms with Gasteiger partial charge in [0.25, 0.3) is 0 Å². The summed E-state index contributed by atoms with van der Waals surface area (Å²) in [5, 5.41) is 0. The van der Waals surface area contributed by atoms with E-state index >= 15 is 0 Å². The van der Waals surface area contributed by atoms with Gasteiger partial charge in [0, 0.05) is 38.6 Å². The highest BCUT2D eigenvalue weighted by Gasteiger charge is 2.34. The van der Waals surface area contributed by atoms with Crippen LogP contribution in [0.3, 0.4) is 0 Å². The second-order valence-corrected chi connectivity index (χ2v) is 9.36. The number of nitrogens with zero attached hydrogens (tertiary/aromatic N) is 3. The van der Waals surface area contributed by atoms with E-state index < -0.39 is 0 Å². The van der Waals surface area contributed by atoms with Gasteiger partial charge in [-0.15, -0.1) is 0 Å². The molecule has 0 bridgehead atoms. The predicted octanol–water partition coefficient (Wildman–Crippen LogP) is 2.50. The van der Waals surface area contributed by atoms with Gasteiger partial charge in [-0.25, -0.2) is 0 Å². The van der Waals surface area contributed by atoms with E-state index in [-0.39, 0.29) is 31.1 Å². The summed E-state index contributed by atoms with van der Waals surface area (Å²) in [6.07, 6.45) is 4.28. The normalized spacial score (nSPS) is 17.4. The standard InChI is InChI=1S/C26H33N3O6/c30-25(18-28(26(31)21-5-6-21)9-2-8-27-10-13-32-14-11-27)29(17-22-3-1-12-33-22)16-20-4-7-23-24(15-20)35-19-34-23/h1,3-4,7,12,15,21H,2,5-6,8-11,13-14,16-19H2. The van der Waals surface area contributed by atoms with Crippen molar-refractivity contribution >= 4 is 11.8 Å². The quantitative estimate of drug-likeness (QED) is 0.486. The number of amides is 2. The number of benzene rings is 1. The molecule has 35 heavy (non-hydrogen) atoms. The molecule has 3 heterocycles. The lowest BCUT2D eigenvalue weighted by Gasteiger charge is -2.30. The summed E-state index contributed by atoms with van der Waals surface area (Å²) in [6, 6.07) is 9.37. The summed E-state index contributed by atoms with van der Waals surface area (Å²) >= 11 is 0. The zero-order chi connectivity index (χ0) is 24.0. The first-order chi connectivity index (χ1) is 17.2.